The molecule has 1 N–H and O–H groups in total. The van der Waals surface area contributed by atoms with E-state index >= 15 is 0 Å². The first-order valence-corrected chi connectivity index (χ1v) is 10.3. The van der Waals surface area contributed by atoms with Gasteiger partial charge in [-0.25, -0.2) is 0 Å². The Kier molecular flexibility index (Phi) is 5.91. The molecule has 0 radical (unpaired) electrons. The summed E-state index contributed by atoms with van der Waals surface area (Å²) in [6.07, 6.45) is 0. The molecule has 4 rings (SSSR count). The molecular weight excluding hydrogens is 406 g/mol. The van der Waals surface area contributed by atoms with Gasteiger partial charge in [0, 0.05) is 0 Å². The Morgan fingerprint density at radius 1 is 0.839 bits per heavy atom. The first-order valence-electron chi connectivity index (χ1n) is 9.85. The molecule has 0 unspecified atom stereocenters. The lowest BCUT2D eigenvalue weighted by molar-refractivity contribution is 0.429. The number of rotatable bonds is 5. The van der Waals surface area contributed by atoms with Crippen molar-refractivity contribution in [2.45, 2.75) is 13.5 Å². The van der Waals surface area contributed by atoms with E-state index < -0.39 is 5.56 Å². The summed E-state index contributed by atoms with van der Waals surface area (Å²) in [7, 11) is 0. The van der Waals surface area contributed by atoms with Crippen molar-refractivity contribution in [3.8, 4) is 17.3 Å². The van der Waals surface area contributed by atoms with Crippen LogP contribution in [0.4, 0.5) is 0 Å². The SMILES string of the molecule is CC(=NCc1ccccc1)c1c(O)n(-c2ccccc2)c(=S)n(-c2ccccc2)c1=O. The average molecular weight is 428 g/mol. The lowest BCUT2D eigenvalue weighted by Gasteiger charge is -2.17. The predicted octanol–water partition coefficient (Wildman–Crippen LogP) is 5.07. The van der Waals surface area contributed by atoms with Crippen molar-refractivity contribution in [3.05, 3.63) is 117 Å². The normalized spacial score (nSPS) is 11.5. The van der Waals surface area contributed by atoms with Crippen molar-refractivity contribution in [2.75, 3.05) is 0 Å². The number of nitrogens with zero attached hydrogens (tertiary/aromatic N) is 3. The van der Waals surface area contributed by atoms with Crippen LogP contribution in [0.5, 0.6) is 5.88 Å². The van der Waals surface area contributed by atoms with E-state index in [-0.39, 0.29) is 16.2 Å². The molecule has 0 aliphatic rings. The molecule has 0 atom stereocenters. The molecule has 0 saturated carbocycles. The summed E-state index contributed by atoms with van der Waals surface area (Å²) >= 11 is 5.64. The Bertz CT molecular complexity index is 1340. The highest BCUT2D eigenvalue weighted by Gasteiger charge is 2.21. The van der Waals surface area contributed by atoms with Crippen LogP contribution in [0.2, 0.25) is 0 Å². The molecule has 0 aliphatic carbocycles. The van der Waals surface area contributed by atoms with Crippen molar-refractivity contribution >= 4 is 17.9 Å². The van der Waals surface area contributed by atoms with E-state index in [1.807, 2.05) is 91.0 Å². The lowest BCUT2D eigenvalue weighted by atomic mass is 10.1. The van der Waals surface area contributed by atoms with E-state index in [9.17, 15) is 9.90 Å². The van der Waals surface area contributed by atoms with E-state index in [0.29, 0.717) is 23.6 Å². The van der Waals surface area contributed by atoms with Crippen LogP contribution in [0, 0.1) is 4.77 Å². The zero-order valence-electron chi connectivity index (χ0n) is 17.0. The minimum Gasteiger partial charge on any atom is -0.494 e. The van der Waals surface area contributed by atoms with Gasteiger partial charge in [-0.3, -0.25) is 18.9 Å². The Balaban J connectivity index is 1.97. The lowest BCUT2D eigenvalue weighted by Crippen LogP contribution is -2.29. The quantitative estimate of drug-likeness (QED) is 0.357. The second kappa shape index (κ2) is 8.93. The highest BCUT2D eigenvalue weighted by molar-refractivity contribution is 7.71. The van der Waals surface area contributed by atoms with Crippen LogP contribution in [0.1, 0.15) is 18.1 Å². The van der Waals surface area contributed by atoms with Crippen molar-refractivity contribution in [1.82, 2.24) is 9.13 Å². The van der Waals surface area contributed by atoms with Gasteiger partial charge in [0.1, 0.15) is 5.56 Å². The van der Waals surface area contributed by atoms with Gasteiger partial charge in [-0.2, -0.15) is 0 Å². The second-order valence-corrected chi connectivity index (χ2v) is 7.38. The zero-order chi connectivity index (χ0) is 21.8. The van der Waals surface area contributed by atoms with Crippen molar-refractivity contribution < 1.29 is 5.11 Å². The topological polar surface area (TPSA) is 59.5 Å². The molecule has 1 aromatic heterocycles. The van der Waals surface area contributed by atoms with Crippen LogP contribution >= 0.6 is 12.2 Å². The first kappa shape index (κ1) is 20.5. The first-order chi connectivity index (χ1) is 15.1. The fourth-order valence-electron chi connectivity index (χ4n) is 3.40. The largest absolute Gasteiger partial charge is 0.494 e. The molecule has 1 heterocycles. The molecule has 0 bridgehead atoms. The number of aromatic nitrogens is 2. The summed E-state index contributed by atoms with van der Waals surface area (Å²) in [4.78, 5) is 18.1. The molecule has 154 valence electrons. The van der Waals surface area contributed by atoms with E-state index in [1.54, 1.807) is 6.92 Å². The fourth-order valence-corrected chi connectivity index (χ4v) is 3.78. The molecule has 31 heavy (non-hydrogen) atoms. The summed E-state index contributed by atoms with van der Waals surface area (Å²) in [5, 5.41) is 11.1. The maximum Gasteiger partial charge on any atom is 0.271 e. The van der Waals surface area contributed by atoms with Gasteiger partial charge in [0.25, 0.3) is 5.56 Å². The Morgan fingerprint density at radius 3 is 1.87 bits per heavy atom. The zero-order valence-corrected chi connectivity index (χ0v) is 17.8. The third kappa shape index (κ3) is 4.11. The van der Waals surface area contributed by atoms with Crippen molar-refractivity contribution in [2.24, 2.45) is 4.99 Å². The summed E-state index contributed by atoms with van der Waals surface area (Å²) in [5.74, 6) is -0.220. The highest BCUT2D eigenvalue weighted by atomic mass is 32.1. The number of aromatic hydroxyl groups is 1. The second-order valence-electron chi connectivity index (χ2n) is 7.02. The van der Waals surface area contributed by atoms with Crippen molar-refractivity contribution in [3.63, 3.8) is 0 Å². The van der Waals surface area contributed by atoms with Crippen LogP contribution in [0.15, 0.2) is 101 Å². The van der Waals surface area contributed by atoms with Gasteiger partial charge >= 0.3 is 0 Å². The molecule has 0 aliphatic heterocycles. The fraction of sp³-hybridized carbons (Fsp3) is 0.0800. The molecule has 5 nitrogen and oxygen atoms in total. The molecule has 0 spiro atoms. The predicted molar refractivity (Wildman–Crippen MR) is 126 cm³/mol. The smallest absolute Gasteiger partial charge is 0.271 e. The standard InChI is InChI=1S/C25H21N3O2S/c1-18(26-17-19-11-5-2-6-12-19)22-23(29)27(20-13-7-3-8-14-20)25(31)28(24(22)30)21-15-9-4-10-16-21/h2-16,29H,17H2,1H3. The molecule has 6 heteroatoms. The van der Waals surface area contributed by atoms with Gasteiger partial charge in [-0.15, -0.1) is 0 Å². The van der Waals surface area contributed by atoms with Crippen LogP contribution < -0.4 is 5.56 Å². The number of para-hydroxylation sites is 2. The highest BCUT2D eigenvalue weighted by Crippen LogP contribution is 2.23. The number of benzene rings is 3. The third-order valence-electron chi connectivity index (χ3n) is 4.97. The number of aliphatic imine (C=N–C) groups is 1. The van der Waals surface area contributed by atoms with Crippen LogP contribution in [-0.2, 0) is 6.54 Å². The molecule has 0 amide bonds. The monoisotopic (exact) mass is 427 g/mol. The summed E-state index contributed by atoms with van der Waals surface area (Å²) < 4.78 is 3.11. The van der Waals surface area contributed by atoms with Gasteiger partial charge in [0.05, 0.1) is 23.6 Å². The Labute approximate surface area is 185 Å². The van der Waals surface area contributed by atoms with Gasteiger partial charge in [-0.1, -0.05) is 66.7 Å². The van der Waals surface area contributed by atoms with Crippen molar-refractivity contribution in [1.29, 1.82) is 0 Å². The number of hydrogen-bond acceptors (Lipinski definition) is 4. The van der Waals surface area contributed by atoms with E-state index in [0.717, 1.165) is 5.56 Å². The minimum absolute atomic E-state index is 0.122. The third-order valence-corrected chi connectivity index (χ3v) is 5.33. The van der Waals surface area contributed by atoms with E-state index in [4.69, 9.17) is 12.2 Å². The molecular formula is C25H21N3O2S. The van der Waals surface area contributed by atoms with E-state index in [2.05, 4.69) is 4.99 Å². The van der Waals surface area contributed by atoms with E-state index in [1.165, 1.54) is 9.13 Å². The molecule has 4 aromatic rings. The molecule has 3 aromatic carbocycles. The van der Waals surface area contributed by atoms with Gasteiger partial charge in [0.2, 0.25) is 5.88 Å². The summed E-state index contributed by atoms with van der Waals surface area (Å²) in [5.41, 5.74) is 2.45. The maximum atomic E-state index is 13.5. The van der Waals surface area contributed by atoms with Crippen LogP contribution in [0.25, 0.3) is 11.4 Å². The average Bonchev–Trinajstić information content (AvgIpc) is 2.80. The molecule has 0 fully saturated rings. The molecule has 0 saturated heterocycles. The number of hydrogen-bond donors (Lipinski definition) is 1. The summed E-state index contributed by atoms with van der Waals surface area (Å²) in [6.45, 7) is 2.13. The van der Waals surface area contributed by atoms with Gasteiger partial charge in [-0.05, 0) is 49.0 Å². The maximum absolute atomic E-state index is 13.5. The Morgan fingerprint density at radius 2 is 1.32 bits per heavy atom. The Hall–Kier alpha value is -3.77. The van der Waals surface area contributed by atoms with Crippen LogP contribution in [0.3, 0.4) is 0 Å². The van der Waals surface area contributed by atoms with Gasteiger partial charge < -0.3 is 5.11 Å². The van der Waals surface area contributed by atoms with Crippen LogP contribution in [-0.4, -0.2) is 20.0 Å². The minimum atomic E-state index is -0.407. The van der Waals surface area contributed by atoms with Gasteiger partial charge in [0.15, 0.2) is 4.77 Å². The summed E-state index contributed by atoms with van der Waals surface area (Å²) in [6, 6.07) is 28.2.